The van der Waals surface area contributed by atoms with E-state index in [9.17, 15) is 0 Å². The van der Waals surface area contributed by atoms with Crippen LogP contribution in [0.4, 0.5) is 0 Å². The summed E-state index contributed by atoms with van der Waals surface area (Å²) >= 11 is 3.45. The van der Waals surface area contributed by atoms with Crippen molar-refractivity contribution in [2.24, 2.45) is 11.7 Å². The first kappa shape index (κ1) is 14.0. The van der Waals surface area contributed by atoms with Crippen molar-refractivity contribution < 1.29 is 0 Å². The maximum atomic E-state index is 6.25. The SMILES string of the molecule is CCN(CCC(N)c1ccc(Br)cc1)CC1CC1. The van der Waals surface area contributed by atoms with Gasteiger partial charge in [0.1, 0.15) is 0 Å². The Morgan fingerprint density at radius 1 is 1.33 bits per heavy atom. The summed E-state index contributed by atoms with van der Waals surface area (Å²) in [5, 5.41) is 0. The second-order valence-electron chi connectivity index (χ2n) is 5.28. The number of rotatable bonds is 7. The van der Waals surface area contributed by atoms with Gasteiger partial charge < -0.3 is 10.6 Å². The van der Waals surface area contributed by atoms with Gasteiger partial charge >= 0.3 is 0 Å². The highest BCUT2D eigenvalue weighted by Gasteiger charge is 2.23. The van der Waals surface area contributed by atoms with Crippen molar-refractivity contribution in [3.63, 3.8) is 0 Å². The molecular weight excluding hydrogens is 288 g/mol. The fourth-order valence-corrected chi connectivity index (χ4v) is 2.51. The third-order valence-electron chi connectivity index (χ3n) is 3.72. The minimum Gasteiger partial charge on any atom is -0.324 e. The topological polar surface area (TPSA) is 29.3 Å². The first-order chi connectivity index (χ1) is 8.69. The van der Waals surface area contributed by atoms with Gasteiger partial charge in [-0.1, -0.05) is 35.0 Å². The second kappa shape index (κ2) is 6.69. The van der Waals surface area contributed by atoms with Crippen molar-refractivity contribution in [2.75, 3.05) is 19.6 Å². The highest BCUT2D eigenvalue weighted by Crippen LogP contribution is 2.29. The molecular formula is C15H23BrN2. The third-order valence-corrected chi connectivity index (χ3v) is 4.24. The maximum absolute atomic E-state index is 6.25. The van der Waals surface area contributed by atoms with E-state index in [0.29, 0.717) is 0 Å². The average Bonchev–Trinajstić information content (AvgIpc) is 3.18. The van der Waals surface area contributed by atoms with E-state index in [4.69, 9.17) is 5.73 Å². The predicted octanol–water partition coefficient (Wildman–Crippen LogP) is 3.57. The molecule has 1 fully saturated rings. The highest BCUT2D eigenvalue weighted by molar-refractivity contribution is 9.10. The summed E-state index contributed by atoms with van der Waals surface area (Å²) in [6, 6.07) is 8.53. The van der Waals surface area contributed by atoms with Gasteiger partial charge in [0.05, 0.1) is 0 Å². The van der Waals surface area contributed by atoms with E-state index in [1.165, 1.54) is 24.9 Å². The maximum Gasteiger partial charge on any atom is 0.0307 e. The molecule has 0 amide bonds. The second-order valence-corrected chi connectivity index (χ2v) is 6.20. The Morgan fingerprint density at radius 3 is 2.56 bits per heavy atom. The molecule has 1 aromatic carbocycles. The number of nitrogens with zero attached hydrogens (tertiary/aromatic N) is 1. The molecule has 0 bridgehead atoms. The summed E-state index contributed by atoms with van der Waals surface area (Å²) < 4.78 is 1.11. The first-order valence-corrected chi connectivity index (χ1v) is 7.71. The molecule has 1 saturated carbocycles. The lowest BCUT2D eigenvalue weighted by Crippen LogP contribution is -2.29. The van der Waals surface area contributed by atoms with E-state index in [0.717, 1.165) is 29.9 Å². The Morgan fingerprint density at radius 2 is 2.00 bits per heavy atom. The highest BCUT2D eigenvalue weighted by atomic mass is 79.9. The van der Waals surface area contributed by atoms with Gasteiger partial charge in [0.15, 0.2) is 0 Å². The molecule has 1 aliphatic carbocycles. The van der Waals surface area contributed by atoms with Crippen LogP contribution in [0.5, 0.6) is 0 Å². The molecule has 100 valence electrons. The third kappa shape index (κ3) is 4.38. The smallest absolute Gasteiger partial charge is 0.0307 e. The summed E-state index contributed by atoms with van der Waals surface area (Å²) in [6.45, 7) is 5.77. The van der Waals surface area contributed by atoms with Crippen molar-refractivity contribution in [3.05, 3.63) is 34.3 Å². The lowest BCUT2D eigenvalue weighted by Gasteiger charge is -2.22. The first-order valence-electron chi connectivity index (χ1n) is 6.92. The van der Waals surface area contributed by atoms with Gasteiger partial charge in [-0.05, 0) is 56.0 Å². The number of benzene rings is 1. The molecule has 1 unspecified atom stereocenters. The van der Waals surface area contributed by atoms with Crippen LogP contribution in [-0.2, 0) is 0 Å². The van der Waals surface area contributed by atoms with Crippen LogP contribution in [-0.4, -0.2) is 24.5 Å². The van der Waals surface area contributed by atoms with Crippen LogP contribution in [0.3, 0.4) is 0 Å². The molecule has 0 heterocycles. The van der Waals surface area contributed by atoms with Crippen molar-refractivity contribution >= 4 is 15.9 Å². The minimum absolute atomic E-state index is 0.159. The Hall–Kier alpha value is -0.380. The molecule has 2 rings (SSSR count). The van der Waals surface area contributed by atoms with Gasteiger partial charge in [-0.3, -0.25) is 0 Å². The number of halogens is 1. The summed E-state index contributed by atoms with van der Waals surface area (Å²) in [5.41, 5.74) is 7.49. The molecule has 2 nitrogen and oxygen atoms in total. The molecule has 0 aromatic heterocycles. The van der Waals surface area contributed by atoms with E-state index in [2.05, 4.69) is 52.0 Å². The zero-order valence-electron chi connectivity index (χ0n) is 11.1. The number of nitrogens with two attached hydrogens (primary N) is 1. The molecule has 2 N–H and O–H groups in total. The number of hydrogen-bond donors (Lipinski definition) is 1. The van der Waals surface area contributed by atoms with Gasteiger partial charge in [0.2, 0.25) is 0 Å². The molecule has 3 heteroatoms. The Bertz CT molecular complexity index is 359. The van der Waals surface area contributed by atoms with E-state index in [1.54, 1.807) is 0 Å². The predicted molar refractivity (Wildman–Crippen MR) is 80.5 cm³/mol. The van der Waals surface area contributed by atoms with Gasteiger partial charge in [-0.25, -0.2) is 0 Å². The summed E-state index contributed by atoms with van der Waals surface area (Å²) in [6.07, 6.45) is 3.90. The van der Waals surface area contributed by atoms with E-state index < -0.39 is 0 Å². The van der Waals surface area contributed by atoms with Crippen LogP contribution < -0.4 is 5.73 Å². The zero-order chi connectivity index (χ0) is 13.0. The van der Waals surface area contributed by atoms with Crippen molar-refractivity contribution in [1.29, 1.82) is 0 Å². The van der Waals surface area contributed by atoms with E-state index >= 15 is 0 Å². The fourth-order valence-electron chi connectivity index (χ4n) is 2.24. The van der Waals surface area contributed by atoms with Crippen molar-refractivity contribution in [1.82, 2.24) is 4.90 Å². The van der Waals surface area contributed by atoms with Crippen LogP contribution in [0.2, 0.25) is 0 Å². The zero-order valence-corrected chi connectivity index (χ0v) is 12.7. The largest absolute Gasteiger partial charge is 0.324 e. The van der Waals surface area contributed by atoms with Crippen LogP contribution in [0.15, 0.2) is 28.7 Å². The minimum atomic E-state index is 0.159. The van der Waals surface area contributed by atoms with Gasteiger partial charge in [-0.2, -0.15) is 0 Å². The van der Waals surface area contributed by atoms with Gasteiger partial charge in [-0.15, -0.1) is 0 Å². The number of hydrogen-bond acceptors (Lipinski definition) is 2. The summed E-state index contributed by atoms with van der Waals surface area (Å²) in [4.78, 5) is 2.54. The molecule has 0 radical (unpaired) electrons. The van der Waals surface area contributed by atoms with Crippen LogP contribution in [0.1, 0.15) is 37.8 Å². The molecule has 1 aliphatic rings. The molecule has 18 heavy (non-hydrogen) atoms. The monoisotopic (exact) mass is 310 g/mol. The summed E-state index contributed by atoms with van der Waals surface area (Å²) in [7, 11) is 0. The Labute approximate surface area is 119 Å². The molecule has 1 atom stereocenters. The molecule has 0 aliphatic heterocycles. The molecule has 0 saturated heterocycles. The van der Waals surface area contributed by atoms with Crippen LogP contribution in [0.25, 0.3) is 0 Å². The van der Waals surface area contributed by atoms with E-state index in [1.807, 2.05) is 0 Å². The normalized spacial score (nSPS) is 17.1. The van der Waals surface area contributed by atoms with Crippen LogP contribution in [0, 0.1) is 5.92 Å². The fraction of sp³-hybridized carbons (Fsp3) is 0.600. The lowest BCUT2D eigenvalue weighted by atomic mass is 10.0. The van der Waals surface area contributed by atoms with Gasteiger partial charge in [0.25, 0.3) is 0 Å². The van der Waals surface area contributed by atoms with Crippen LogP contribution >= 0.6 is 15.9 Å². The lowest BCUT2D eigenvalue weighted by molar-refractivity contribution is 0.266. The standard InChI is InChI=1S/C15H23BrN2/c1-2-18(11-12-3-4-12)10-9-15(17)13-5-7-14(16)8-6-13/h5-8,12,15H,2-4,9-11,17H2,1H3. The average molecular weight is 311 g/mol. The van der Waals surface area contributed by atoms with Gasteiger partial charge in [0, 0.05) is 17.1 Å². The van der Waals surface area contributed by atoms with Crippen molar-refractivity contribution in [3.8, 4) is 0 Å². The Balaban J connectivity index is 1.78. The molecule has 1 aromatic rings. The Kier molecular flexibility index (Phi) is 5.22. The molecule has 0 spiro atoms. The van der Waals surface area contributed by atoms with E-state index in [-0.39, 0.29) is 6.04 Å². The quantitative estimate of drug-likeness (QED) is 0.834. The van der Waals surface area contributed by atoms with Crippen molar-refractivity contribution in [2.45, 2.75) is 32.2 Å². The summed E-state index contributed by atoms with van der Waals surface area (Å²) in [5.74, 6) is 0.967.